The van der Waals surface area contributed by atoms with E-state index in [1.54, 1.807) is 30.5 Å². The largest absolute Gasteiger partial charge is 0.484 e. The van der Waals surface area contributed by atoms with Crippen molar-refractivity contribution in [3.8, 4) is 5.75 Å². The summed E-state index contributed by atoms with van der Waals surface area (Å²) >= 11 is 5.99. The maximum atomic E-state index is 11.9. The number of Topliss-reactive ketones (excluding diaryl/α,β-unsaturated/α-hetero) is 1. The highest BCUT2D eigenvalue weighted by atomic mass is 35.5. The first-order chi connectivity index (χ1) is 13.5. The molecule has 7 heteroatoms. The number of anilines is 1. The fourth-order valence-corrected chi connectivity index (χ4v) is 2.83. The summed E-state index contributed by atoms with van der Waals surface area (Å²) in [5.74, 6) is 0.311. The summed E-state index contributed by atoms with van der Waals surface area (Å²) in [7, 11) is 0. The first-order valence-electron chi connectivity index (χ1n) is 8.81. The van der Waals surface area contributed by atoms with Gasteiger partial charge >= 0.3 is 0 Å². The zero-order valence-corrected chi connectivity index (χ0v) is 16.1. The minimum atomic E-state index is -0.219. The molecule has 0 saturated carbocycles. The SMILES string of the molecule is CC(=O)c1ccc(OCC(=O)NCCNc2ccnc3cc(Cl)ccc23)cc1. The molecule has 2 N–H and O–H groups in total. The number of fused-ring (bicyclic) bond motifs is 1. The quantitative estimate of drug-likeness (QED) is 0.447. The number of nitrogens with zero attached hydrogens (tertiary/aromatic N) is 1. The zero-order valence-electron chi connectivity index (χ0n) is 15.4. The van der Waals surface area contributed by atoms with Gasteiger partial charge in [-0.1, -0.05) is 11.6 Å². The molecule has 0 aliphatic rings. The molecule has 28 heavy (non-hydrogen) atoms. The van der Waals surface area contributed by atoms with Gasteiger partial charge in [0.25, 0.3) is 5.91 Å². The molecule has 0 atom stereocenters. The van der Waals surface area contributed by atoms with Gasteiger partial charge in [-0.3, -0.25) is 14.6 Å². The first kappa shape index (κ1) is 19.6. The molecule has 3 rings (SSSR count). The van der Waals surface area contributed by atoms with E-state index in [9.17, 15) is 9.59 Å². The van der Waals surface area contributed by atoms with Crippen LogP contribution >= 0.6 is 11.6 Å². The number of aromatic nitrogens is 1. The van der Waals surface area contributed by atoms with E-state index in [2.05, 4.69) is 15.6 Å². The topological polar surface area (TPSA) is 80.3 Å². The Labute approximate surface area is 167 Å². The molecule has 6 nitrogen and oxygen atoms in total. The van der Waals surface area contributed by atoms with Gasteiger partial charge in [-0.2, -0.15) is 0 Å². The Hall–Kier alpha value is -3.12. The minimum absolute atomic E-state index is 0.0122. The lowest BCUT2D eigenvalue weighted by Crippen LogP contribution is -2.32. The van der Waals surface area contributed by atoms with Crippen molar-refractivity contribution in [2.45, 2.75) is 6.92 Å². The van der Waals surface area contributed by atoms with Gasteiger partial charge in [-0.05, 0) is 55.5 Å². The van der Waals surface area contributed by atoms with Gasteiger partial charge in [0.05, 0.1) is 5.52 Å². The molecule has 0 radical (unpaired) electrons. The molecular formula is C21H20ClN3O3. The van der Waals surface area contributed by atoms with E-state index in [4.69, 9.17) is 16.3 Å². The Kier molecular flexibility index (Phi) is 6.45. The van der Waals surface area contributed by atoms with Gasteiger partial charge in [0.1, 0.15) is 5.75 Å². The van der Waals surface area contributed by atoms with Crippen LogP contribution in [0.4, 0.5) is 5.69 Å². The van der Waals surface area contributed by atoms with E-state index < -0.39 is 0 Å². The summed E-state index contributed by atoms with van der Waals surface area (Å²) in [5.41, 5.74) is 2.34. The van der Waals surface area contributed by atoms with Crippen molar-refractivity contribution >= 4 is 39.9 Å². The molecule has 0 bridgehead atoms. The van der Waals surface area contributed by atoms with E-state index in [-0.39, 0.29) is 18.3 Å². The van der Waals surface area contributed by atoms with Gasteiger partial charge in [0.2, 0.25) is 0 Å². The number of carbonyl (C=O) groups excluding carboxylic acids is 2. The fourth-order valence-electron chi connectivity index (χ4n) is 2.66. The fraction of sp³-hybridized carbons (Fsp3) is 0.190. The Morgan fingerprint density at radius 2 is 1.86 bits per heavy atom. The second-order valence-corrected chi connectivity index (χ2v) is 6.60. The maximum absolute atomic E-state index is 11.9. The number of rotatable bonds is 8. The second kappa shape index (κ2) is 9.19. The molecule has 0 fully saturated rings. The van der Waals surface area contributed by atoms with Gasteiger partial charge in [-0.25, -0.2) is 0 Å². The van der Waals surface area contributed by atoms with Crippen molar-refractivity contribution in [2.24, 2.45) is 0 Å². The molecule has 3 aromatic rings. The molecule has 0 unspecified atom stereocenters. The van der Waals surface area contributed by atoms with Gasteiger partial charge in [0, 0.05) is 40.9 Å². The Balaban J connectivity index is 1.43. The molecule has 1 heterocycles. The van der Waals surface area contributed by atoms with E-state index >= 15 is 0 Å². The van der Waals surface area contributed by atoms with Crippen LogP contribution < -0.4 is 15.4 Å². The van der Waals surface area contributed by atoms with E-state index in [0.29, 0.717) is 29.4 Å². The number of hydrogen-bond acceptors (Lipinski definition) is 5. The predicted octanol–water partition coefficient (Wildman–Crippen LogP) is 3.70. The summed E-state index contributed by atoms with van der Waals surface area (Å²) in [6.45, 7) is 2.42. The van der Waals surface area contributed by atoms with E-state index in [0.717, 1.165) is 16.6 Å². The van der Waals surface area contributed by atoms with Gasteiger partial charge < -0.3 is 15.4 Å². The van der Waals surface area contributed by atoms with Crippen LogP contribution in [0.2, 0.25) is 5.02 Å². The van der Waals surface area contributed by atoms with Crippen molar-refractivity contribution in [1.82, 2.24) is 10.3 Å². The molecule has 0 aliphatic heterocycles. The highest BCUT2D eigenvalue weighted by molar-refractivity contribution is 6.31. The Morgan fingerprint density at radius 3 is 2.61 bits per heavy atom. The minimum Gasteiger partial charge on any atom is -0.484 e. The molecule has 0 saturated heterocycles. The van der Waals surface area contributed by atoms with Crippen molar-refractivity contribution in [1.29, 1.82) is 0 Å². The molecule has 0 aliphatic carbocycles. The summed E-state index contributed by atoms with van der Waals surface area (Å²) in [6.07, 6.45) is 1.71. The highest BCUT2D eigenvalue weighted by Gasteiger charge is 2.05. The number of halogens is 1. The van der Waals surface area contributed by atoms with Crippen LogP contribution in [-0.2, 0) is 4.79 Å². The monoisotopic (exact) mass is 397 g/mol. The average molecular weight is 398 g/mol. The van der Waals surface area contributed by atoms with Crippen LogP contribution in [0.15, 0.2) is 54.7 Å². The van der Waals surface area contributed by atoms with Gasteiger partial charge in [0.15, 0.2) is 12.4 Å². The molecule has 1 amide bonds. The number of ketones is 1. The smallest absolute Gasteiger partial charge is 0.258 e. The zero-order chi connectivity index (χ0) is 19.9. The van der Waals surface area contributed by atoms with E-state index in [1.807, 2.05) is 24.3 Å². The Morgan fingerprint density at radius 1 is 1.07 bits per heavy atom. The normalized spacial score (nSPS) is 10.5. The molecule has 0 spiro atoms. The van der Waals surface area contributed by atoms with Crippen molar-refractivity contribution in [3.05, 3.63) is 65.3 Å². The summed E-state index contributed by atoms with van der Waals surface area (Å²) < 4.78 is 5.42. The van der Waals surface area contributed by atoms with Crippen LogP contribution in [0.5, 0.6) is 5.75 Å². The summed E-state index contributed by atoms with van der Waals surface area (Å²) in [4.78, 5) is 27.4. The lowest BCUT2D eigenvalue weighted by molar-refractivity contribution is -0.123. The van der Waals surface area contributed by atoms with Crippen molar-refractivity contribution < 1.29 is 14.3 Å². The third-order valence-electron chi connectivity index (χ3n) is 4.10. The standard InChI is InChI=1S/C21H20ClN3O3/c1-14(26)15-2-5-17(6-3-15)28-13-21(27)25-11-10-24-19-8-9-23-20-12-16(22)4-7-18(19)20/h2-9,12H,10-11,13H2,1H3,(H,23,24)(H,25,27). The summed E-state index contributed by atoms with van der Waals surface area (Å²) in [6, 6.07) is 14.1. The van der Waals surface area contributed by atoms with Crippen LogP contribution in [0, 0.1) is 0 Å². The number of carbonyl (C=O) groups is 2. The molecule has 144 valence electrons. The second-order valence-electron chi connectivity index (χ2n) is 6.17. The predicted molar refractivity (Wildman–Crippen MR) is 110 cm³/mol. The molecule has 1 aromatic heterocycles. The third-order valence-corrected chi connectivity index (χ3v) is 4.33. The lowest BCUT2D eigenvalue weighted by atomic mass is 10.1. The van der Waals surface area contributed by atoms with Crippen molar-refractivity contribution in [2.75, 3.05) is 25.0 Å². The first-order valence-corrected chi connectivity index (χ1v) is 9.19. The molecule has 2 aromatic carbocycles. The van der Waals surface area contributed by atoms with Crippen molar-refractivity contribution in [3.63, 3.8) is 0 Å². The highest BCUT2D eigenvalue weighted by Crippen LogP contribution is 2.24. The van der Waals surface area contributed by atoms with E-state index in [1.165, 1.54) is 6.92 Å². The van der Waals surface area contributed by atoms with Crippen LogP contribution in [0.25, 0.3) is 10.9 Å². The van der Waals surface area contributed by atoms with Gasteiger partial charge in [-0.15, -0.1) is 0 Å². The van der Waals surface area contributed by atoms with Crippen LogP contribution in [0.3, 0.4) is 0 Å². The number of nitrogens with one attached hydrogen (secondary N) is 2. The lowest BCUT2D eigenvalue weighted by Gasteiger charge is -2.11. The average Bonchev–Trinajstić information content (AvgIpc) is 2.69. The Bertz CT molecular complexity index is 990. The number of benzene rings is 2. The van der Waals surface area contributed by atoms with Crippen LogP contribution in [-0.4, -0.2) is 36.4 Å². The summed E-state index contributed by atoms with van der Waals surface area (Å²) in [5, 5.41) is 7.68. The number of amides is 1. The number of ether oxygens (including phenoxy) is 1. The third kappa shape index (κ3) is 5.20. The number of pyridine rings is 1. The van der Waals surface area contributed by atoms with Crippen LogP contribution in [0.1, 0.15) is 17.3 Å². The number of hydrogen-bond donors (Lipinski definition) is 2. The maximum Gasteiger partial charge on any atom is 0.258 e. The molecular weight excluding hydrogens is 378 g/mol.